The quantitative estimate of drug-likeness (QED) is 0.194. The summed E-state index contributed by atoms with van der Waals surface area (Å²) in [6.45, 7) is 8.56. The van der Waals surface area contributed by atoms with E-state index in [0.29, 0.717) is 5.41 Å². The molecule has 2 heteroatoms. The molecule has 0 atom stereocenters. The first-order valence-corrected chi connectivity index (χ1v) is 11.7. The maximum Gasteiger partial charge on any atom is 0.0894 e. The van der Waals surface area contributed by atoms with Gasteiger partial charge in [0.2, 0.25) is 0 Å². The molecule has 0 amide bonds. The standard InChI is InChI=1S/C24H49FO/c1-24(2,3)20-23-26-22-19-17-15-13-11-9-7-5-4-6-8-10-12-14-16-18-21-25/h4-23H2,1-3H3. The first-order valence-electron chi connectivity index (χ1n) is 11.7. The summed E-state index contributed by atoms with van der Waals surface area (Å²) in [5.41, 5.74) is 0.400. The van der Waals surface area contributed by atoms with Crippen LogP contribution in [0, 0.1) is 5.41 Å². The molecule has 0 aliphatic carbocycles. The van der Waals surface area contributed by atoms with Crippen molar-refractivity contribution in [1.29, 1.82) is 0 Å². The Labute approximate surface area is 164 Å². The molecule has 0 unspecified atom stereocenters. The molecule has 0 spiro atoms. The predicted octanol–water partition coefficient (Wildman–Crippen LogP) is 8.65. The Morgan fingerprint density at radius 2 is 0.846 bits per heavy atom. The van der Waals surface area contributed by atoms with Crippen LogP contribution in [0.15, 0.2) is 0 Å². The molecule has 158 valence electrons. The Hall–Kier alpha value is -0.110. The lowest BCUT2D eigenvalue weighted by atomic mass is 9.93. The van der Waals surface area contributed by atoms with Gasteiger partial charge < -0.3 is 4.74 Å². The first kappa shape index (κ1) is 25.9. The average molecular weight is 373 g/mol. The molecule has 0 saturated heterocycles. The minimum Gasteiger partial charge on any atom is -0.381 e. The normalized spacial score (nSPS) is 12.0. The van der Waals surface area contributed by atoms with Gasteiger partial charge in [0, 0.05) is 13.2 Å². The van der Waals surface area contributed by atoms with E-state index in [1.165, 1.54) is 89.9 Å². The van der Waals surface area contributed by atoms with Crippen LogP contribution in [0.25, 0.3) is 0 Å². The van der Waals surface area contributed by atoms with E-state index in [2.05, 4.69) is 20.8 Å². The lowest BCUT2D eigenvalue weighted by Crippen LogP contribution is -2.09. The predicted molar refractivity (Wildman–Crippen MR) is 115 cm³/mol. The molecule has 0 aliphatic heterocycles. The minimum atomic E-state index is -0.133. The van der Waals surface area contributed by atoms with Crippen LogP contribution in [0.4, 0.5) is 4.39 Å². The zero-order valence-electron chi connectivity index (χ0n) is 18.4. The van der Waals surface area contributed by atoms with Gasteiger partial charge in [0.25, 0.3) is 0 Å². The molecule has 0 aliphatic rings. The Morgan fingerprint density at radius 1 is 0.500 bits per heavy atom. The summed E-state index contributed by atoms with van der Waals surface area (Å²) in [5.74, 6) is 0. The zero-order chi connectivity index (χ0) is 19.3. The summed E-state index contributed by atoms with van der Waals surface area (Å²) >= 11 is 0. The third kappa shape index (κ3) is 23.9. The summed E-state index contributed by atoms with van der Waals surface area (Å²) in [6.07, 6.45) is 22.1. The molecule has 0 aromatic carbocycles. The van der Waals surface area contributed by atoms with Crippen molar-refractivity contribution >= 4 is 0 Å². The Morgan fingerprint density at radius 3 is 1.19 bits per heavy atom. The van der Waals surface area contributed by atoms with Crippen LogP contribution in [-0.4, -0.2) is 19.9 Å². The van der Waals surface area contributed by atoms with Gasteiger partial charge in [0.05, 0.1) is 6.67 Å². The lowest BCUT2D eigenvalue weighted by Gasteiger charge is -2.17. The van der Waals surface area contributed by atoms with Crippen molar-refractivity contribution in [3.63, 3.8) is 0 Å². The molecule has 0 bridgehead atoms. The Bertz CT molecular complexity index is 259. The van der Waals surface area contributed by atoms with Crippen LogP contribution < -0.4 is 0 Å². The van der Waals surface area contributed by atoms with E-state index < -0.39 is 0 Å². The highest BCUT2D eigenvalue weighted by atomic mass is 19.1. The second kappa shape index (κ2) is 19.6. The van der Waals surface area contributed by atoms with Crippen LogP contribution in [-0.2, 0) is 4.74 Å². The van der Waals surface area contributed by atoms with E-state index in [1.807, 2.05) is 0 Å². The van der Waals surface area contributed by atoms with Crippen LogP contribution in [0.5, 0.6) is 0 Å². The van der Waals surface area contributed by atoms with Crippen molar-refractivity contribution in [2.24, 2.45) is 5.41 Å². The molecule has 0 N–H and O–H groups in total. The van der Waals surface area contributed by atoms with Crippen LogP contribution in [0.2, 0.25) is 0 Å². The minimum absolute atomic E-state index is 0.133. The zero-order valence-corrected chi connectivity index (χ0v) is 18.4. The number of rotatable bonds is 20. The number of hydrogen-bond donors (Lipinski definition) is 0. The largest absolute Gasteiger partial charge is 0.381 e. The van der Waals surface area contributed by atoms with Gasteiger partial charge >= 0.3 is 0 Å². The second-order valence-electron chi connectivity index (χ2n) is 9.27. The molecular weight excluding hydrogens is 323 g/mol. The lowest BCUT2D eigenvalue weighted by molar-refractivity contribution is 0.105. The van der Waals surface area contributed by atoms with Crippen molar-refractivity contribution in [2.75, 3.05) is 19.9 Å². The topological polar surface area (TPSA) is 9.23 Å². The fraction of sp³-hybridized carbons (Fsp3) is 1.00. The van der Waals surface area contributed by atoms with Gasteiger partial charge in [-0.05, 0) is 24.7 Å². The second-order valence-corrected chi connectivity index (χ2v) is 9.27. The van der Waals surface area contributed by atoms with E-state index in [-0.39, 0.29) is 6.67 Å². The number of halogens is 1. The number of alkyl halides is 1. The van der Waals surface area contributed by atoms with Crippen molar-refractivity contribution in [3.05, 3.63) is 0 Å². The maximum atomic E-state index is 11.9. The first-order chi connectivity index (χ1) is 12.6. The molecule has 0 fully saturated rings. The van der Waals surface area contributed by atoms with Gasteiger partial charge in [-0.3, -0.25) is 4.39 Å². The van der Waals surface area contributed by atoms with Crippen molar-refractivity contribution in [3.8, 4) is 0 Å². The monoisotopic (exact) mass is 372 g/mol. The molecular formula is C24H49FO. The molecule has 0 saturated carbocycles. The van der Waals surface area contributed by atoms with Gasteiger partial charge in [-0.1, -0.05) is 111 Å². The molecule has 0 rings (SSSR count). The fourth-order valence-electron chi connectivity index (χ4n) is 3.25. The third-order valence-corrected chi connectivity index (χ3v) is 5.17. The maximum absolute atomic E-state index is 11.9. The summed E-state index contributed by atoms with van der Waals surface area (Å²) in [6, 6.07) is 0. The molecule has 0 aromatic rings. The summed E-state index contributed by atoms with van der Waals surface area (Å²) < 4.78 is 17.7. The van der Waals surface area contributed by atoms with Crippen LogP contribution in [0.3, 0.4) is 0 Å². The van der Waals surface area contributed by atoms with Gasteiger partial charge in [-0.15, -0.1) is 0 Å². The Balaban J connectivity index is 3.01. The van der Waals surface area contributed by atoms with Gasteiger partial charge in [0.15, 0.2) is 0 Å². The van der Waals surface area contributed by atoms with Gasteiger partial charge in [0.1, 0.15) is 0 Å². The number of unbranched alkanes of at least 4 members (excludes halogenated alkanes) is 15. The van der Waals surface area contributed by atoms with E-state index in [0.717, 1.165) is 32.5 Å². The number of hydrogen-bond acceptors (Lipinski definition) is 1. The molecule has 0 radical (unpaired) electrons. The fourth-order valence-corrected chi connectivity index (χ4v) is 3.25. The van der Waals surface area contributed by atoms with E-state index in [9.17, 15) is 4.39 Å². The summed E-state index contributed by atoms with van der Waals surface area (Å²) in [7, 11) is 0. The summed E-state index contributed by atoms with van der Waals surface area (Å²) in [5, 5.41) is 0. The van der Waals surface area contributed by atoms with Crippen molar-refractivity contribution < 1.29 is 9.13 Å². The molecule has 0 aromatic heterocycles. The van der Waals surface area contributed by atoms with Crippen LogP contribution >= 0.6 is 0 Å². The smallest absolute Gasteiger partial charge is 0.0894 e. The number of ether oxygens (including phenoxy) is 1. The summed E-state index contributed by atoms with van der Waals surface area (Å²) in [4.78, 5) is 0. The molecule has 0 heterocycles. The van der Waals surface area contributed by atoms with Crippen LogP contribution in [0.1, 0.15) is 130 Å². The molecule has 1 nitrogen and oxygen atoms in total. The van der Waals surface area contributed by atoms with Crippen molar-refractivity contribution in [1.82, 2.24) is 0 Å². The van der Waals surface area contributed by atoms with E-state index in [1.54, 1.807) is 0 Å². The van der Waals surface area contributed by atoms with E-state index in [4.69, 9.17) is 4.74 Å². The highest BCUT2D eigenvalue weighted by Gasteiger charge is 2.08. The highest BCUT2D eigenvalue weighted by Crippen LogP contribution is 2.18. The Kier molecular flexibility index (Phi) is 19.6. The SMILES string of the molecule is CC(C)(C)CCOCCCCCCCCCCCCCCCCCCF. The third-order valence-electron chi connectivity index (χ3n) is 5.17. The highest BCUT2D eigenvalue weighted by molar-refractivity contribution is 4.59. The van der Waals surface area contributed by atoms with Gasteiger partial charge in [-0.2, -0.15) is 0 Å². The van der Waals surface area contributed by atoms with Gasteiger partial charge in [-0.25, -0.2) is 0 Å². The van der Waals surface area contributed by atoms with E-state index >= 15 is 0 Å². The average Bonchev–Trinajstić information content (AvgIpc) is 2.59. The van der Waals surface area contributed by atoms with Crippen molar-refractivity contribution in [2.45, 2.75) is 130 Å². The molecule has 26 heavy (non-hydrogen) atoms.